The fourth-order valence-electron chi connectivity index (χ4n) is 1.25. The van der Waals surface area contributed by atoms with Crippen molar-refractivity contribution in [3.63, 3.8) is 0 Å². The van der Waals surface area contributed by atoms with Gasteiger partial charge in [-0.25, -0.2) is 4.39 Å². The van der Waals surface area contributed by atoms with E-state index in [2.05, 4.69) is 15.5 Å². The molecular weight excluding hydrogens is 195 g/mol. The van der Waals surface area contributed by atoms with Crippen molar-refractivity contribution in [3.05, 3.63) is 41.8 Å². The van der Waals surface area contributed by atoms with Crippen LogP contribution < -0.4 is 11.1 Å². The summed E-state index contributed by atoms with van der Waals surface area (Å²) in [4.78, 5) is 0. The van der Waals surface area contributed by atoms with Crippen molar-refractivity contribution < 1.29 is 4.39 Å². The van der Waals surface area contributed by atoms with E-state index in [-0.39, 0.29) is 5.82 Å². The molecule has 0 unspecified atom stereocenters. The van der Waals surface area contributed by atoms with Crippen LogP contribution in [-0.2, 0) is 6.54 Å². The zero-order valence-electron chi connectivity index (χ0n) is 8.00. The topological polar surface area (TPSA) is 66.7 Å². The largest absolute Gasteiger partial charge is 0.340 e. The van der Waals surface area contributed by atoms with Crippen LogP contribution in [0.25, 0.3) is 0 Å². The minimum absolute atomic E-state index is 0.260. The Morgan fingerprint density at radius 2 is 2.07 bits per heavy atom. The molecule has 2 aromatic rings. The van der Waals surface area contributed by atoms with Gasteiger partial charge in [-0.1, -0.05) is 0 Å². The Bertz CT molecular complexity index is 435. The fourth-order valence-corrected chi connectivity index (χ4v) is 1.25. The molecule has 5 heteroatoms. The first-order valence-electron chi connectivity index (χ1n) is 4.54. The van der Waals surface area contributed by atoms with Gasteiger partial charge in [0.15, 0.2) is 0 Å². The van der Waals surface area contributed by atoms with E-state index in [4.69, 9.17) is 5.73 Å². The van der Waals surface area contributed by atoms with Gasteiger partial charge in [0.2, 0.25) is 0 Å². The summed E-state index contributed by atoms with van der Waals surface area (Å²) in [6, 6.07) is 6.08. The Morgan fingerprint density at radius 3 is 2.73 bits per heavy atom. The van der Waals surface area contributed by atoms with Gasteiger partial charge in [-0.15, -0.1) is 0 Å². The van der Waals surface area contributed by atoms with Crippen molar-refractivity contribution in [1.29, 1.82) is 0 Å². The number of nitrogens with one attached hydrogen (secondary N) is 2. The van der Waals surface area contributed by atoms with E-state index in [1.54, 1.807) is 18.3 Å². The van der Waals surface area contributed by atoms with Crippen LogP contribution in [0.15, 0.2) is 30.5 Å². The summed E-state index contributed by atoms with van der Waals surface area (Å²) in [5.74, 6) is 0.480. The smallest absolute Gasteiger partial charge is 0.130 e. The molecule has 15 heavy (non-hydrogen) atoms. The quantitative estimate of drug-likeness (QED) is 0.716. The molecule has 0 spiro atoms. The average Bonchev–Trinajstić information content (AvgIpc) is 2.69. The monoisotopic (exact) mass is 206 g/mol. The Balaban J connectivity index is 2.18. The highest BCUT2D eigenvalue weighted by Crippen LogP contribution is 2.17. The Labute approximate surface area is 86.3 Å². The summed E-state index contributed by atoms with van der Waals surface area (Å²) in [6.45, 7) is 0.403. The van der Waals surface area contributed by atoms with Crippen LogP contribution in [0.1, 0.15) is 5.56 Å². The van der Waals surface area contributed by atoms with Crippen LogP contribution in [0.4, 0.5) is 15.9 Å². The van der Waals surface area contributed by atoms with Crippen molar-refractivity contribution in [2.45, 2.75) is 6.54 Å². The number of hydrogen-bond donors (Lipinski definition) is 3. The number of nitrogens with zero attached hydrogens (tertiary/aromatic N) is 1. The highest BCUT2D eigenvalue weighted by atomic mass is 19.1. The summed E-state index contributed by atoms with van der Waals surface area (Å²) >= 11 is 0. The summed E-state index contributed by atoms with van der Waals surface area (Å²) < 4.78 is 12.6. The highest BCUT2D eigenvalue weighted by Gasteiger charge is 2.02. The molecule has 4 nitrogen and oxygen atoms in total. The number of anilines is 2. The summed E-state index contributed by atoms with van der Waals surface area (Å²) in [5, 5.41) is 9.72. The molecule has 78 valence electrons. The van der Waals surface area contributed by atoms with E-state index in [1.807, 2.05) is 0 Å². The number of rotatable bonds is 3. The van der Waals surface area contributed by atoms with E-state index in [1.165, 1.54) is 12.1 Å². The van der Waals surface area contributed by atoms with Crippen LogP contribution in [0.2, 0.25) is 0 Å². The number of H-pyrrole nitrogens is 1. The van der Waals surface area contributed by atoms with Crippen LogP contribution in [0.5, 0.6) is 0 Å². The molecule has 0 aliphatic carbocycles. The van der Waals surface area contributed by atoms with Crippen LogP contribution >= 0.6 is 0 Å². The van der Waals surface area contributed by atoms with E-state index < -0.39 is 0 Å². The molecule has 1 aromatic heterocycles. The maximum atomic E-state index is 12.6. The van der Waals surface area contributed by atoms with Gasteiger partial charge in [0.25, 0.3) is 0 Å². The molecule has 0 atom stereocenters. The number of halogens is 1. The molecular formula is C10H11FN4. The molecule has 0 bridgehead atoms. The lowest BCUT2D eigenvalue weighted by molar-refractivity contribution is 0.628. The second-order valence-corrected chi connectivity index (χ2v) is 3.11. The summed E-state index contributed by atoms with van der Waals surface area (Å²) in [7, 11) is 0. The van der Waals surface area contributed by atoms with E-state index in [0.717, 1.165) is 17.1 Å². The lowest BCUT2D eigenvalue weighted by atomic mass is 10.3. The third-order valence-corrected chi connectivity index (χ3v) is 2.05. The van der Waals surface area contributed by atoms with Crippen molar-refractivity contribution in [1.82, 2.24) is 10.2 Å². The van der Waals surface area contributed by atoms with Gasteiger partial charge in [0, 0.05) is 17.8 Å². The number of hydrogen-bond acceptors (Lipinski definition) is 3. The Kier molecular flexibility index (Phi) is 2.64. The minimum atomic E-state index is -0.260. The van der Waals surface area contributed by atoms with Crippen LogP contribution in [-0.4, -0.2) is 10.2 Å². The average molecular weight is 206 g/mol. The third-order valence-electron chi connectivity index (χ3n) is 2.05. The number of benzene rings is 1. The third kappa shape index (κ3) is 2.13. The number of aromatic amines is 1. The van der Waals surface area contributed by atoms with Gasteiger partial charge in [0.05, 0.1) is 6.20 Å². The first-order chi connectivity index (χ1) is 7.29. The molecule has 0 radical (unpaired) electrons. The lowest BCUT2D eigenvalue weighted by Crippen LogP contribution is -1.99. The van der Waals surface area contributed by atoms with Crippen LogP contribution in [0.3, 0.4) is 0 Å². The predicted octanol–water partition coefficient (Wildman–Crippen LogP) is 1.75. The van der Waals surface area contributed by atoms with Crippen molar-refractivity contribution in [2.75, 3.05) is 5.32 Å². The minimum Gasteiger partial charge on any atom is -0.340 e. The molecule has 2 rings (SSSR count). The second-order valence-electron chi connectivity index (χ2n) is 3.11. The van der Waals surface area contributed by atoms with E-state index in [0.29, 0.717) is 6.54 Å². The SMILES string of the molecule is NCc1cn[nH]c1Nc1ccc(F)cc1. The molecule has 1 aromatic carbocycles. The maximum absolute atomic E-state index is 12.6. The Morgan fingerprint density at radius 1 is 1.33 bits per heavy atom. The molecule has 4 N–H and O–H groups in total. The van der Waals surface area contributed by atoms with E-state index in [9.17, 15) is 4.39 Å². The van der Waals surface area contributed by atoms with Gasteiger partial charge < -0.3 is 11.1 Å². The molecule has 1 heterocycles. The molecule has 0 fully saturated rings. The van der Waals surface area contributed by atoms with Gasteiger partial charge in [0.1, 0.15) is 11.6 Å². The molecule has 0 aliphatic rings. The zero-order valence-corrected chi connectivity index (χ0v) is 8.00. The Hall–Kier alpha value is -1.88. The van der Waals surface area contributed by atoms with Gasteiger partial charge >= 0.3 is 0 Å². The normalized spacial score (nSPS) is 10.3. The first kappa shape index (κ1) is 9.67. The summed E-state index contributed by atoms with van der Waals surface area (Å²) in [6.07, 6.45) is 1.66. The molecule has 0 saturated heterocycles. The molecule has 0 amide bonds. The predicted molar refractivity (Wildman–Crippen MR) is 56.2 cm³/mol. The van der Waals surface area contributed by atoms with Crippen molar-refractivity contribution in [2.24, 2.45) is 5.73 Å². The number of nitrogens with two attached hydrogens (primary N) is 1. The van der Waals surface area contributed by atoms with Gasteiger partial charge in [-0.2, -0.15) is 5.10 Å². The maximum Gasteiger partial charge on any atom is 0.130 e. The van der Waals surface area contributed by atoms with Crippen molar-refractivity contribution in [3.8, 4) is 0 Å². The highest BCUT2D eigenvalue weighted by molar-refractivity contribution is 5.58. The van der Waals surface area contributed by atoms with Gasteiger partial charge in [-0.3, -0.25) is 5.10 Å². The number of aromatic nitrogens is 2. The second kappa shape index (κ2) is 4.10. The van der Waals surface area contributed by atoms with E-state index >= 15 is 0 Å². The summed E-state index contributed by atoms with van der Waals surface area (Å²) in [5.41, 5.74) is 7.19. The fraction of sp³-hybridized carbons (Fsp3) is 0.100. The standard InChI is InChI=1S/C10H11FN4/c11-8-1-3-9(4-2-8)14-10-7(5-12)6-13-15-10/h1-4,6H,5,12H2,(H2,13,14,15). The zero-order chi connectivity index (χ0) is 10.7. The molecule has 0 saturated carbocycles. The van der Waals surface area contributed by atoms with Crippen LogP contribution in [0, 0.1) is 5.82 Å². The molecule has 0 aliphatic heterocycles. The first-order valence-corrected chi connectivity index (χ1v) is 4.54. The van der Waals surface area contributed by atoms with Gasteiger partial charge in [-0.05, 0) is 24.3 Å². The lowest BCUT2D eigenvalue weighted by Gasteiger charge is -2.05. The van der Waals surface area contributed by atoms with Crippen molar-refractivity contribution >= 4 is 11.5 Å².